The Morgan fingerprint density at radius 1 is 0.931 bits per heavy atom. The Labute approximate surface area is 175 Å². The molecule has 0 fully saturated rings. The van der Waals surface area contributed by atoms with Crippen molar-refractivity contribution in [2.75, 3.05) is 9.91 Å². The zero-order valence-corrected chi connectivity index (χ0v) is 16.8. The molecule has 4 nitrogen and oxygen atoms in total. The lowest BCUT2D eigenvalue weighted by Gasteiger charge is -2.22. The van der Waals surface area contributed by atoms with Crippen LogP contribution in [0.3, 0.4) is 0 Å². The first kappa shape index (κ1) is 19.0. The minimum absolute atomic E-state index is 0.154. The predicted octanol–water partition coefficient (Wildman–Crippen LogP) is 5.65. The number of hydrazone groups is 1. The third-order valence-electron chi connectivity index (χ3n) is 4.70. The van der Waals surface area contributed by atoms with Gasteiger partial charge >= 0.3 is 0 Å². The summed E-state index contributed by atoms with van der Waals surface area (Å²) >= 11 is 5.97. The molecule has 144 valence electrons. The highest BCUT2D eigenvalue weighted by Gasteiger charge is 2.29. The Balaban J connectivity index is 1.67. The van der Waals surface area contributed by atoms with Crippen LogP contribution in [0.25, 0.3) is 0 Å². The zero-order valence-electron chi connectivity index (χ0n) is 16.0. The molecule has 0 unspecified atom stereocenters. The van der Waals surface area contributed by atoms with Gasteiger partial charge in [-0.3, -0.25) is 4.79 Å². The van der Waals surface area contributed by atoms with E-state index in [0.717, 1.165) is 11.3 Å². The van der Waals surface area contributed by atoms with E-state index in [1.54, 1.807) is 24.3 Å². The first-order chi connectivity index (χ1) is 14.1. The predicted molar refractivity (Wildman–Crippen MR) is 119 cm³/mol. The summed E-state index contributed by atoms with van der Waals surface area (Å²) in [6.45, 7) is 2.50. The standard InChI is InChI=1S/C24H20ClN3O/c1-18-23(24(29)28(26-18)22-14-12-20(25)13-15-22)17-27(21-10-6-3-7-11-21)16-19-8-4-2-5-9-19/h2-15,17H,16H2,1H3. The second-order valence-corrected chi connectivity index (χ2v) is 7.21. The maximum Gasteiger partial charge on any atom is 0.282 e. The van der Waals surface area contributed by atoms with Crippen molar-refractivity contribution in [3.8, 4) is 0 Å². The van der Waals surface area contributed by atoms with Gasteiger partial charge in [0.15, 0.2) is 0 Å². The summed E-state index contributed by atoms with van der Waals surface area (Å²) in [6.07, 6.45) is 1.89. The van der Waals surface area contributed by atoms with Crippen molar-refractivity contribution in [2.24, 2.45) is 5.10 Å². The van der Waals surface area contributed by atoms with Crippen LogP contribution in [0.4, 0.5) is 11.4 Å². The number of carbonyl (C=O) groups is 1. The van der Waals surface area contributed by atoms with Gasteiger partial charge in [-0.05, 0) is 48.9 Å². The minimum atomic E-state index is -0.154. The molecule has 0 aromatic heterocycles. The maximum atomic E-state index is 13.1. The Kier molecular flexibility index (Phi) is 5.45. The summed E-state index contributed by atoms with van der Waals surface area (Å²) in [5, 5.41) is 6.51. The van der Waals surface area contributed by atoms with Crippen LogP contribution in [0.2, 0.25) is 5.02 Å². The molecule has 0 saturated heterocycles. The van der Waals surface area contributed by atoms with Crippen molar-refractivity contribution in [3.05, 3.63) is 107 Å². The number of anilines is 2. The smallest absolute Gasteiger partial charge is 0.282 e. The monoisotopic (exact) mass is 401 g/mol. The fraction of sp³-hybridized carbons (Fsp3) is 0.0833. The van der Waals surface area contributed by atoms with Gasteiger partial charge in [0.25, 0.3) is 5.91 Å². The molecule has 1 aliphatic heterocycles. The molecule has 0 spiro atoms. The average molecular weight is 402 g/mol. The highest BCUT2D eigenvalue weighted by atomic mass is 35.5. The van der Waals surface area contributed by atoms with Crippen molar-refractivity contribution >= 4 is 34.6 Å². The van der Waals surface area contributed by atoms with E-state index in [2.05, 4.69) is 22.1 Å². The molecule has 1 heterocycles. The molecule has 4 rings (SSSR count). The summed E-state index contributed by atoms with van der Waals surface area (Å²) < 4.78 is 0. The van der Waals surface area contributed by atoms with E-state index in [4.69, 9.17) is 11.6 Å². The van der Waals surface area contributed by atoms with Crippen LogP contribution >= 0.6 is 11.6 Å². The van der Waals surface area contributed by atoms with Gasteiger partial charge in [0, 0.05) is 23.5 Å². The topological polar surface area (TPSA) is 35.9 Å². The van der Waals surface area contributed by atoms with Crippen molar-refractivity contribution < 1.29 is 4.79 Å². The number of rotatable bonds is 5. The third-order valence-corrected chi connectivity index (χ3v) is 4.95. The minimum Gasteiger partial charge on any atom is -0.343 e. The number of nitrogens with zero attached hydrogens (tertiary/aromatic N) is 3. The molecule has 3 aromatic carbocycles. The van der Waals surface area contributed by atoms with E-state index in [-0.39, 0.29) is 5.91 Å². The van der Waals surface area contributed by atoms with E-state index in [1.165, 1.54) is 5.01 Å². The van der Waals surface area contributed by atoms with Gasteiger partial charge in [0.2, 0.25) is 0 Å². The van der Waals surface area contributed by atoms with E-state index >= 15 is 0 Å². The largest absolute Gasteiger partial charge is 0.343 e. The SMILES string of the molecule is CC1=NN(c2ccc(Cl)cc2)C(=O)C1=CN(Cc1ccccc1)c1ccccc1. The van der Waals surface area contributed by atoms with Crippen molar-refractivity contribution in [2.45, 2.75) is 13.5 Å². The molecule has 3 aromatic rings. The summed E-state index contributed by atoms with van der Waals surface area (Å²) in [4.78, 5) is 15.2. The fourth-order valence-electron chi connectivity index (χ4n) is 3.19. The average Bonchev–Trinajstić information content (AvgIpc) is 3.03. The van der Waals surface area contributed by atoms with Crippen molar-refractivity contribution in [1.29, 1.82) is 0 Å². The number of benzene rings is 3. The molecular formula is C24H20ClN3O. The van der Waals surface area contributed by atoms with Gasteiger partial charge in [-0.15, -0.1) is 0 Å². The first-order valence-corrected chi connectivity index (χ1v) is 9.72. The van der Waals surface area contributed by atoms with Crippen LogP contribution in [-0.4, -0.2) is 11.6 Å². The Morgan fingerprint density at radius 2 is 1.55 bits per heavy atom. The summed E-state index contributed by atoms with van der Waals surface area (Å²) in [5.74, 6) is -0.154. The van der Waals surface area contributed by atoms with Crippen LogP contribution in [-0.2, 0) is 11.3 Å². The summed E-state index contributed by atoms with van der Waals surface area (Å²) in [7, 11) is 0. The highest BCUT2D eigenvalue weighted by Crippen LogP contribution is 2.27. The van der Waals surface area contributed by atoms with Crippen molar-refractivity contribution in [3.63, 3.8) is 0 Å². The van der Waals surface area contributed by atoms with E-state index in [9.17, 15) is 4.79 Å². The molecule has 0 bridgehead atoms. The number of hydrogen-bond acceptors (Lipinski definition) is 3. The summed E-state index contributed by atoms with van der Waals surface area (Å²) in [5.41, 5.74) is 4.10. The highest BCUT2D eigenvalue weighted by molar-refractivity contribution is 6.31. The molecule has 0 saturated carbocycles. The molecule has 0 radical (unpaired) electrons. The second kappa shape index (κ2) is 8.33. The van der Waals surface area contributed by atoms with E-state index in [1.807, 2.05) is 61.7 Å². The number of carbonyl (C=O) groups excluding carboxylic acids is 1. The molecule has 1 amide bonds. The Morgan fingerprint density at radius 3 is 2.21 bits per heavy atom. The van der Waals surface area contributed by atoms with E-state index < -0.39 is 0 Å². The quantitative estimate of drug-likeness (QED) is 0.517. The maximum absolute atomic E-state index is 13.1. The van der Waals surface area contributed by atoms with Gasteiger partial charge in [0.1, 0.15) is 0 Å². The molecule has 5 heteroatoms. The lowest BCUT2D eigenvalue weighted by Crippen LogP contribution is -2.24. The lowest BCUT2D eigenvalue weighted by molar-refractivity contribution is -0.114. The van der Waals surface area contributed by atoms with Gasteiger partial charge in [-0.25, -0.2) is 0 Å². The van der Waals surface area contributed by atoms with Gasteiger partial charge in [-0.1, -0.05) is 60.1 Å². The Bertz CT molecular complexity index is 1060. The zero-order chi connectivity index (χ0) is 20.2. The normalized spacial score (nSPS) is 15.0. The third kappa shape index (κ3) is 4.23. The molecular weight excluding hydrogens is 382 g/mol. The van der Waals surface area contributed by atoms with Crippen LogP contribution in [0.5, 0.6) is 0 Å². The van der Waals surface area contributed by atoms with Crippen LogP contribution < -0.4 is 9.91 Å². The fourth-order valence-corrected chi connectivity index (χ4v) is 3.32. The number of para-hydroxylation sites is 1. The second-order valence-electron chi connectivity index (χ2n) is 6.77. The molecule has 0 atom stereocenters. The number of amides is 1. The molecule has 29 heavy (non-hydrogen) atoms. The van der Waals surface area contributed by atoms with Crippen LogP contribution in [0, 0.1) is 0 Å². The van der Waals surface area contributed by atoms with E-state index in [0.29, 0.717) is 28.5 Å². The molecule has 0 N–H and O–H groups in total. The molecule has 1 aliphatic rings. The first-order valence-electron chi connectivity index (χ1n) is 9.35. The number of hydrogen-bond donors (Lipinski definition) is 0. The molecule has 0 aliphatic carbocycles. The summed E-state index contributed by atoms with van der Waals surface area (Å²) in [6, 6.07) is 27.3. The van der Waals surface area contributed by atoms with Gasteiger partial charge in [-0.2, -0.15) is 10.1 Å². The van der Waals surface area contributed by atoms with Gasteiger partial charge < -0.3 is 4.90 Å². The number of halogens is 1. The Hall–Kier alpha value is -3.37. The lowest BCUT2D eigenvalue weighted by atomic mass is 10.1. The van der Waals surface area contributed by atoms with Crippen LogP contribution in [0.15, 0.2) is 102 Å². The van der Waals surface area contributed by atoms with Gasteiger partial charge in [0.05, 0.1) is 17.0 Å². The van der Waals surface area contributed by atoms with Crippen molar-refractivity contribution in [1.82, 2.24) is 0 Å². The van der Waals surface area contributed by atoms with Crippen LogP contribution in [0.1, 0.15) is 12.5 Å².